The van der Waals surface area contributed by atoms with E-state index >= 15 is 0 Å². The van der Waals surface area contributed by atoms with Gasteiger partial charge in [-0.05, 0) is 26.0 Å². The van der Waals surface area contributed by atoms with Crippen LogP contribution < -0.4 is 5.32 Å². The number of aromatic nitrogens is 1. The molecule has 0 radical (unpaired) electrons. The number of hydrogen-bond acceptors (Lipinski definition) is 4. The molecule has 0 spiro atoms. The van der Waals surface area contributed by atoms with Crippen LogP contribution in [0.3, 0.4) is 0 Å². The van der Waals surface area contributed by atoms with Gasteiger partial charge in [0.05, 0.1) is 17.2 Å². The van der Waals surface area contributed by atoms with Gasteiger partial charge >= 0.3 is 0 Å². The lowest BCUT2D eigenvalue weighted by atomic mass is 10.1. The fourth-order valence-corrected chi connectivity index (χ4v) is 2.37. The van der Waals surface area contributed by atoms with Crippen molar-refractivity contribution >= 4 is 17.0 Å². The third-order valence-electron chi connectivity index (χ3n) is 2.58. The van der Waals surface area contributed by atoms with Gasteiger partial charge < -0.3 is 5.32 Å². The smallest absolute Gasteiger partial charge is 0.150 e. The molecule has 0 amide bonds. The van der Waals surface area contributed by atoms with Gasteiger partial charge in [0.15, 0.2) is 11.6 Å². The third-order valence-corrected chi connectivity index (χ3v) is 3.67. The Balaban J connectivity index is 2.37. The number of rotatable bonds is 3. The minimum absolute atomic E-state index is 0.0485. The fourth-order valence-electron chi connectivity index (χ4n) is 1.66. The molecule has 0 unspecified atom stereocenters. The SMILES string of the molecule is CC(C)(Nc1c(F)cc(C#N)cc1F)c1nccs1. The Kier molecular flexibility index (Phi) is 3.49. The van der Waals surface area contributed by atoms with Gasteiger partial charge in [-0.25, -0.2) is 13.8 Å². The summed E-state index contributed by atoms with van der Waals surface area (Å²) in [5, 5.41) is 14.0. The maximum absolute atomic E-state index is 13.8. The molecule has 19 heavy (non-hydrogen) atoms. The highest BCUT2D eigenvalue weighted by atomic mass is 32.1. The summed E-state index contributed by atoms with van der Waals surface area (Å²) in [6, 6.07) is 3.71. The van der Waals surface area contributed by atoms with Crippen LogP contribution in [0, 0.1) is 23.0 Å². The van der Waals surface area contributed by atoms with Crippen molar-refractivity contribution < 1.29 is 8.78 Å². The van der Waals surface area contributed by atoms with Crippen molar-refractivity contribution in [2.75, 3.05) is 5.32 Å². The first-order chi connectivity index (χ1) is 8.94. The first-order valence-electron chi connectivity index (χ1n) is 5.51. The van der Waals surface area contributed by atoms with Gasteiger partial charge in [0.25, 0.3) is 0 Å². The minimum Gasteiger partial charge on any atom is -0.369 e. The van der Waals surface area contributed by atoms with Crippen molar-refractivity contribution in [2.45, 2.75) is 19.4 Å². The maximum Gasteiger partial charge on any atom is 0.150 e. The zero-order chi connectivity index (χ0) is 14.0. The average molecular weight is 279 g/mol. The maximum atomic E-state index is 13.8. The predicted molar refractivity (Wildman–Crippen MR) is 69.8 cm³/mol. The summed E-state index contributed by atoms with van der Waals surface area (Å²) in [6.07, 6.45) is 1.63. The van der Waals surface area contributed by atoms with Crippen LogP contribution >= 0.6 is 11.3 Å². The van der Waals surface area contributed by atoms with Crippen molar-refractivity contribution in [3.8, 4) is 6.07 Å². The van der Waals surface area contributed by atoms with Crippen LogP contribution in [0.5, 0.6) is 0 Å². The Morgan fingerprint density at radius 1 is 1.32 bits per heavy atom. The molecular weight excluding hydrogens is 268 g/mol. The third kappa shape index (κ3) is 2.71. The molecule has 0 bridgehead atoms. The summed E-state index contributed by atoms with van der Waals surface area (Å²) >= 11 is 1.40. The lowest BCUT2D eigenvalue weighted by Crippen LogP contribution is -2.28. The van der Waals surface area contributed by atoms with Crippen molar-refractivity contribution in [1.29, 1.82) is 5.26 Å². The van der Waals surface area contributed by atoms with Crippen LogP contribution in [0.15, 0.2) is 23.7 Å². The van der Waals surface area contributed by atoms with E-state index in [9.17, 15) is 8.78 Å². The molecule has 6 heteroatoms. The molecule has 0 atom stereocenters. The summed E-state index contributed by atoms with van der Waals surface area (Å²) in [4.78, 5) is 4.14. The van der Waals surface area contributed by atoms with Gasteiger partial charge in [0, 0.05) is 11.6 Å². The van der Waals surface area contributed by atoms with Crippen LogP contribution in [0.2, 0.25) is 0 Å². The lowest BCUT2D eigenvalue weighted by molar-refractivity contribution is 0.551. The van der Waals surface area contributed by atoms with E-state index in [-0.39, 0.29) is 11.3 Å². The molecular formula is C13H11F2N3S. The van der Waals surface area contributed by atoms with E-state index in [1.54, 1.807) is 31.5 Å². The van der Waals surface area contributed by atoms with Crippen LogP contribution in [0.4, 0.5) is 14.5 Å². The van der Waals surface area contributed by atoms with E-state index in [1.807, 2.05) is 0 Å². The van der Waals surface area contributed by atoms with Crippen molar-refractivity contribution in [1.82, 2.24) is 4.98 Å². The molecule has 1 aromatic carbocycles. The summed E-state index contributed by atoms with van der Waals surface area (Å²) < 4.78 is 27.6. The van der Waals surface area contributed by atoms with Crippen LogP contribution in [-0.2, 0) is 5.54 Å². The molecule has 0 saturated heterocycles. The van der Waals surface area contributed by atoms with Gasteiger partial charge in [-0.1, -0.05) is 0 Å². The average Bonchev–Trinajstić information content (AvgIpc) is 2.88. The second kappa shape index (κ2) is 4.94. The second-order valence-electron chi connectivity index (χ2n) is 4.51. The minimum atomic E-state index is -0.791. The van der Waals surface area contributed by atoms with Gasteiger partial charge in [-0.2, -0.15) is 5.26 Å². The normalized spacial score (nSPS) is 11.1. The highest BCUT2D eigenvalue weighted by Crippen LogP contribution is 2.30. The van der Waals surface area contributed by atoms with Crippen molar-refractivity contribution in [2.24, 2.45) is 0 Å². The molecule has 0 aliphatic heterocycles. The fraction of sp³-hybridized carbons (Fsp3) is 0.231. The number of halogens is 2. The molecule has 0 aliphatic carbocycles. The Morgan fingerprint density at radius 2 is 1.95 bits per heavy atom. The molecule has 0 fully saturated rings. The van der Waals surface area contributed by atoms with Crippen LogP contribution in [-0.4, -0.2) is 4.98 Å². The zero-order valence-electron chi connectivity index (χ0n) is 10.4. The summed E-state index contributed by atoms with van der Waals surface area (Å²) in [5.41, 5.74) is -1.00. The Morgan fingerprint density at radius 3 is 2.42 bits per heavy atom. The standard InChI is InChI=1S/C13H11F2N3S/c1-13(2,12-17-3-4-19-12)18-11-9(14)5-8(7-16)6-10(11)15/h3-6,18H,1-2H3. The van der Waals surface area contributed by atoms with Gasteiger partial charge in [0.1, 0.15) is 10.7 Å². The van der Waals surface area contributed by atoms with Crippen molar-refractivity contribution in [3.05, 3.63) is 45.9 Å². The van der Waals surface area contributed by atoms with E-state index in [1.165, 1.54) is 11.3 Å². The van der Waals surface area contributed by atoms with E-state index in [0.717, 1.165) is 17.1 Å². The lowest BCUT2D eigenvalue weighted by Gasteiger charge is -2.25. The number of nitrogens with one attached hydrogen (secondary N) is 1. The molecule has 0 aliphatic rings. The quantitative estimate of drug-likeness (QED) is 0.933. The zero-order valence-corrected chi connectivity index (χ0v) is 11.2. The molecule has 1 heterocycles. The first kappa shape index (κ1) is 13.4. The number of hydrogen-bond donors (Lipinski definition) is 1. The van der Waals surface area contributed by atoms with E-state index in [0.29, 0.717) is 0 Å². The molecule has 2 aromatic rings. The predicted octanol–water partition coefficient (Wildman–Crippen LogP) is 3.64. The Bertz CT molecular complexity index is 607. The summed E-state index contributed by atoms with van der Waals surface area (Å²) in [6.45, 7) is 3.56. The number of anilines is 1. The van der Waals surface area contributed by atoms with E-state index in [2.05, 4.69) is 10.3 Å². The highest BCUT2D eigenvalue weighted by Gasteiger charge is 2.26. The number of nitriles is 1. The van der Waals surface area contributed by atoms with Gasteiger partial charge in [-0.3, -0.25) is 0 Å². The topological polar surface area (TPSA) is 48.7 Å². The largest absolute Gasteiger partial charge is 0.369 e. The van der Waals surface area contributed by atoms with E-state index < -0.39 is 17.2 Å². The Hall–Kier alpha value is -2.00. The molecule has 3 nitrogen and oxygen atoms in total. The summed E-state index contributed by atoms with van der Waals surface area (Å²) in [5.74, 6) is -1.58. The van der Waals surface area contributed by atoms with Crippen LogP contribution in [0.25, 0.3) is 0 Å². The molecule has 1 N–H and O–H groups in total. The van der Waals surface area contributed by atoms with Crippen LogP contribution in [0.1, 0.15) is 24.4 Å². The molecule has 2 rings (SSSR count). The molecule has 0 saturated carbocycles. The van der Waals surface area contributed by atoms with Gasteiger partial charge in [0.2, 0.25) is 0 Å². The van der Waals surface area contributed by atoms with E-state index in [4.69, 9.17) is 5.26 Å². The monoisotopic (exact) mass is 279 g/mol. The number of benzene rings is 1. The van der Waals surface area contributed by atoms with Crippen molar-refractivity contribution in [3.63, 3.8) is 0 Å². The summed E-state index contributed by atoms with van der Waals surface area (Å²) in [7, 11) is 0. The van der Waals surface area contributed by atoms with Gasteiger partial charge in [-0.15, -0.1) is 11.3 Å². The molecule has 98 valence electrons. The Labute approximate surface area is 113 Å². The molecule has 1 aromatic heterocycles. The first-order valence-corrected chi connectivity index (χ1v) is 6.39. The highest BCUT2D eigenvalue weighted by molar-refractivity contribution is 7.09. The second-order valence-corrected chi connectivity index (χ2v) is 5.41. The number of thiazole rings is 1. The number of nitrogens with zero attached hydrogens (tertiary/aromatic N) is 2.